The van der Waals surface area contributed by atoms with Crippen LogP contribution in [0.2, 0.25) is 15.1 Å². The van der Waals surface area contributed by atoms with Gasteiger partial charge in [-0.25, -0.2) is 0 Å². The molecule has 4 rings (SSSR count). The summed E-state index contributed by atoms with van der Waals surface area (Å²) in [7, 11) is 0. The minimum absolute atomic E-state index is 0.111. The van der Waals surface area contributed by atoms with E-state index in [1.807, 2.05) is 68.5 Å². The number of aromatic nitrogens is 1. The SMILES string of the molecule is CC(C)c1onc(-c2c(Cl)cccc2Cl)c1COc1ccc(C=Cc2ccccc2)c(Cl)c1. The largest absolute Gasteiger partial charge is 0.489 e. The van der Waals surface area contributed by atoms with E-state index in [-0.39, 0.29) is 12.5 Å². The van der Waals surface area contributed by atoms with E-state index in [1.165, 1.54) is 0 Å². The van der Waals surface area contributed by atoms with Crippen LogP contribution in [0.25, 0.3) is 23.4 Å². The van der Waals surface area contributed by atoms with Crippen LogP contribution < -0.4 is 4.74 Å². The first-order valence-corrected chi connectivity index (χ1v) is 11.7. The molecule has 0 N–H and O–H groups in total. The highest BCUT2D eigenvalue weighted by atomic mass is 35.5. The Morgan fingerprint density at radius 2 is 1.61 bits per heavy atom. The van der Waals surface area contributed by atoms with Gasteiger partial charge in [0.25, 0.3) is 0 Å². The summed E-state index contributed by atoms with van der Waals surface area (Å²) in [6.07, 6.45) is 4.00. The minimum atomic E-state index is 0.111. The number of nitrogens with zero attached hydrogens (tertiary/aromatic N) is 1. The predicted octanol–water partition coefficient (Wildman–Crippen LogP) is 9.17. The quantitative estimate of drug-likeness (QED) is 0.238. The van der Waals surface area contributed by atoms with Crippen LogP contribution >= 0.6 is 34.8 Å². The normalized spacial score (nSPS) is 11.5. The van der Waals surface area contributed by atoms with E-state index < -0.39 is 0 Å². The summed E-state index contributed by atoms with van der Waals surface area (Å²) in [5.74, 6) is 1.48. The predicted molar refractivity (Wildman–Crippen MR) is 137 cm³/mol. The molecule has 1 aromatic heterocycles. The van der Waals surface area contributed by atoms with Crippen molar-refractivity contribution >= 4 is 47.0 Å². The molecule has 33 heavy (non-hydrogen) atoms. The van der Waals surface area contributed by atoms with Crippen LogP contribution in [0.4, 0.5) is 0 Å². The Bertz CT molecular complexity index is 1260. The summed E-state index contributed by atoms with van der Waals surface area (Å²) >= 11 is 19.4. The lowest BCUT2D eigenvalue weighted by Crippen LogP contribution is -2.01. The van der Waals surface area contributed by atoms with Gasteiger partial charge in [0.15, 0.2) is 0 Å². The van der Waals surface area contributed by atoms with Gasteiger partial charge in [0.05, 0.1) is 20.6 Å². The van der Waals surface area contributed by atoms with Gasteiger partial charge in [-0.15, -0.1) is 0 Å². The van der Waals surface area contributed by atoms with Gasteiger partial charge in [0, 0.05) is 11.5 Å². The van der Waals surface area contributed by atoms with Gasteiger partial charge in [0.2, 0.25) is 0 Å². The van der Waals surface area contributed by atoms with Crippen LogP contribution in [0.5, 0.6) is 5.75 Å². The molecule has 0 amide bonds. The van der Waals surface area contributed by atoms with E-state index in [9.17, 15) is 0 Å². The number of ether oxygens (including phenoxy) is 1. The van der Waals surface area contributed by atoms with E-state index in [0.717, 1.165) is 22.5 Å². The van der Waals surface area contributed by atoms with Crippen molar-refractivity contribution in [3.63, 3.8) is 0 Å². The first kappa shape index (κ1) is 23.4. The molecule has 6 heteroatoms. The van der Waals surface area contributed by atoms with Gasteiger partial charge in [-0.3, -0.25) is 0 Å². The Kier molecular flexibility index (Phi) is 7.44. The molecule has 3 aromatic carbocycles. The molecule has 0 atom stereocenters. The second-order valence-corrected chi connectivity index (χ2v) is 9.06. The molecule has 0 fully saturated rings. The van der Waals surface area contributed by atoms with Crippen molar-refractivity contribution < 1.29 is 9.26 Å². The van der Waals surface area contributed by atoms with E-state index in [0.29, 0.717) is 32.1 Å². The molecule has 1 heterocycles. The molecule has 0 bridgehead atoms. The number of hydrogen-bond donors (Lipinski definition) is 0. The van der Waals surface area contributed by atoms with Crippen LogP contribution in [-0.4, -0.2) is 5.16 Å². The molecule has 4 aromatic rings. The summed E-state index contributed by atoms with van der Waals surface area (Å²) in [6.45, 7) is 4.31. The van der Waals surface area contributed by atoms with Crippen molar-refractivity contribution in [1.29, 1.82) is 0 Å². The summed E-state index contributed by atoms with van der Waals surface area (Å²) in [5.41, 5.74) is 4.04. The minimum Gasteiger partial charge on any atom is -0.489 e. The second-order valence-electron chi connectivity index (χ2n) is 7.84. The van der Waals surface area contributed by atoms with Crippen molar-refractivity contribution in [2.75, 3.05) is 0 Å². The van der Waals surface area contributed by atoms with Crippen molar-refractivity contribution in [3.8, 4) is 17.0 Å². The third kappa shape index (κ3) is 5.44. The lowest BCUT2D eigenvalue weighted by molar-refractivity contribution is 0.298. The zero-order valence-electron chi connectivity index (χ0n) is 18.2. The van der Waals surface area contributed by atoms with Gasteiger partial charge in [-0.2, -0.15) is 0 Å². The van der Waals surface area contributed by atoms with Crippen molar-refractivity contribution in [3.05, 3.63) is 104 Å². The number of hydrogen-bond acceptors (Lipinski definition) is 3. The maximum absolute atomic E-state index is 6.51. The Labute approximate surface area is 208 Å². The Morgan fingerprint density at radius 1 is 0.879 bits per heavy atom. The molecule has 0 aliphatic heterocycles. The van der Waals surface area contributed by atoms with Crippen LogP contribution in [0.15, 0.2) is 71.3 Å². The smallest absolute Gasteiger partial charge is 0.146 e. The molecule has 0 radical (unpaired) electrons. The average molecular weight is 499 g/mol. The maximum atomic E-state index is 6.51. The molecule has 0 aliphatic rings. The zero-order valence-corrected chi connectivity index (χ0v) is 20.5. The number of rotatable bonds is 7. The zero-order chi connectivity index (χ0) is 23.4. The first-order chi connectivity index (χ1) is 15.9. The van der Waals surface area contributed by atoms with Crippen LogP contribution in [0.1, 0.15) is 42.2 Å². The molecule has 0 unspecified atom stereocenters. The van der Waals surface area contributed by atoms with Crippen molar-refractivity contribution in [2.45, 2.75) is 26.4 Å². The summed E-state index contributed by atoms with van der Waals surface area (Å²) in [5, 5.41) is 5.88. The molecule has 0 saturated heterocycles. The summed E-state index contributed by atoms with van der Waals surface area (Å²) < 4.78 is 11.7. The standard InChI is InChI=1S/C27H22Cl3NO2/c1-17(2)27-21(26(31-33-27)25-22(28)9-6-10-23(25)29)16-32-20-14-13-19(24(30)15-20)12-11-18-7-4-3-5-8-18/h3-15,17H,16H2,1-2H3. The van der Waals surface area contributed by atoms with E-state index in [2.05, 4.69) is 5.16 Å². The lowest BCUT2D eigenvalue weighted by Gasteiger charge is -2.11. The van der Waals surface area contributed by atoms with E-state index in [1.54, 1.807) is 24.3 Å². The fourth-order valence-corrected chi connectivity index (χ4v) is 4.28. The fourth-order valence-electron chi connectivity index (χ4n) is 3.47. The molecule has 0 spiro atoms. The molecule has 0 aliphatic carbocycles. The highest BCUT2D eigenvalue weighted by Crippen LogP contribution is 2.39. The first-order valence-electron chi connectivity index (χ1n) is 10.5. The van der Waals surface area contributed by atoms with Gasteiger partial charge >= 0.3 is 0 Å². The molecular weight excluding hydrogens is 477 g/mol. The maximum Gasteiger partial charge on any atom is 0.146 e. The van der Waals surface area contributed by atoms with Gasteiger partial charge in [-0.05, 0) is 41.5 Å². The molecule has 0 saturated carbocycles. The van der Waals surface area contributed by atoms with E-state index in [4.69, 9.17) is 44.1 Å². The Balaban J connectivity index is 1.57. The average Bonchev–Trinajstić information content (AvgIpc) is 3.21. The molecule has 168 valence electrons. The Hall–Kier alpha value is -2.72. The third-order valence-electron chi connectivity index (χ3n) is 5.15. The molecule has 3 nitrogen and oxygen atoms in total. The summed E-state index contributed by atoms with van der Waals surface area (Å²) in [6, 6.07) is 21.0. The van der Waals surface area contributed by atoms with Crippen molar-refractivity contribution in [2.24, 2.45) is 0 Å². The highest BCUT2D eigenvalue weighted by Gasteiger charge is 2.23. The topological polar surface area (TPSA) is 35.3 Å². The Morgan fingerprint density at radius 3 is 2.27 bits per heavy atom. The van der Waals surface area contributed by atoms with Gasteiger partial charge in [0.1, 0.15) is 23.8 Å². The van der Waals surface area contributed by atoms with Crippen LogP contribution in [0.3, 0.4) is 0 Å². The van der Waals surface area contributed by atoms with Crippen molar-refractivity contribution in [1.82, 2.24) is 5.16 Å². The fraction of sp³-hybridized carbons (Fsp3) is 0.148. The lowest BCUT2D eigenvalue weighted by atomic mass is 10.0. The molecular formula is C27H22Cl3NO2. The second kappa shape index (κ2) is 10.5. The summed E-state index contributed by atoms with van der Waals surface area (Å²) in [4.78, 5) is 0. The highest BCUT2D eigenvalue weighted by molar-refractivity contribution is 6.39. The number of benzene rings is 3. The van der Waals surface area contributed by atoms with Crippen LogP contribution in [-0.2, 0) is 6.61 Å². The van der Waals surface area contributed by atoms with Crippen LogP contribution in [0, 0.1) is 0 Å². The monoisotopic (exact) mass is 497 g/mol. The van der Waals surface area contributed by atoms with Gasteiger partial charge in [-0.1, -0.05) is 102 Å². The van der Waals surface area contributed by atoms with E-state index >= 15 is 0 Å². The van der Waals surface area contributed by atoms with Gasteiger partial charge < -0.3 is 9.26 Å². The number of halogens is 3. The third-order valence-corrected chi connectivity index (χ3v) is 6.11.